The second-order valence-corrected chi connectivity index (χ2v) is 13.5. The van der Waals surface area contributed by atoms with E-state index in [1.165, 1.54) is 123 Å². The Morgan fingerprint density at radius 3 is 2.54 bits per heavy atom. The van der Waals surface area contributed by atoms with Crippen LogP contribution in [0, 0.1) is 11.8 Å². The van der Waals surface area contributed by atoms with Gasteiger partial charge >= 0.3 is 0 Å². The highest BCUT2D eigenvalue weighted by Gasteiger charge is 2.44. The maximum absolute atomic E-state index is 5.75. The maximum Gasteiger partial charge on any atom is 0.166 e. The van der Waals surface area contributed by atoms with E-state index >= 15 is 0 Å². The molecule has 0 radical (unpaired) electrons. The molecular formula is C28H54N8S+2. The molecule has 37 heavy (non-hydrogen) atoms. The highest BCUT2D eigenvalue weighted by molar-refractivity contribution is 7.80. The predicted molar refractivity (Wildman–Crippen MR) is 152 cm³/mol. The standard InChI is InChI=1S/C28H52N8S/c37-28(32-24-5-7-25(8-6-24)36-12-3-11-31-36)30-19-26-18-22-9-13-35(26)21-23(22)20-33-14-16-34(17-15-33)27-4-1-2-10-29-27/h22-27,29,31H,1-21H2,(H2,30,32,37)/p+2. The summed E-state index contributed by atoms with van der Waals surface area (Å²) in [5, 5.41) is 13.3. The summed E-state index contributed by atoms with van der Waals surface area (Å²) in [6, 6.07) is 2.02. The van der Waals surface area contributed by atoms with Crippen molar-refractivity contribution in [3.63, 3.8) is 0 Å². The first-order chi connectivity index (χ1) is 18.2. The van der Waals surface area contributed by atoms with Crippen LogP contribution in [0.4, 0.5) is 0 Å². The first-order valence-corrected chi connectivity index (χ1v) is 16.3. The van der Waals surface area contributed by atoms with Gasteiger partial charge in [-0.1, -0.05) is 0 Å². The van der Waals surface area contributed by atoms with Crippen LogP contribution in [-0.2, 0) is 0 Å². The summed E-state index contributed by atoms with van der Waals surface area (Å²) in [6.07, 6.45) is 14.2. The Hall–Kier alpha value is -0.550. The Morgan fingerprint density at radius 1 is 0.973 bits per heavy atom. The van der Waals surface area contributed by atoms with Crippen LogP contribution in [0.25, 0.3) is 0 Å². The molecule has 210 valence electrons. The largest absolute Gasteiger partial charge is 0.360 e. The summed E-state index contributed by atoms with van der Waals surface area (Å²) in [4.78, 5) is 7.41. The molecule has 0 aromatic rings. The lowest BCUT2D eigenvalue weighted by Gasteiger charge is -2.49. The molecule has 9 heteroatoms. The number of nitrogens with two attached hydrogens (primary N) is 1. The van der Waals surface area contributed by atoms with Gasteiger partial charge in [-0.15, -0.1) is 0 Å². The molecule has 6 N–H and O–H groups in total. The van der Waals surface area contributed by atoms with E-state index in [1.54, 1.807) is 0 Å². The first kappa shape index (κ1) is 26.7. The molecule has 7 rings (SSSR count). The first-order valence-electron chi connectivity index (χ1n) is 15.9. The van der Waals surface area contributed by atoms with Crippen molar-refractivity contribution in [3.8, 4) is 0 Å². The molecule has 7 aliphatic rings. The average molecular weight is 535 g/mol. The molecule has 1 aliphatic carbocycles. The van der Waals surface area contributed by atoms with Crippen LogP contribution in [0.1, 0.15) is 64.2 Å². The van der Waals surface area contributed by atoms with Crippen LogP contribution in [-0.4, -0.2) is 116 Å². The molecule has 6 aliphatic heterocycles. The van der Waals surface area contributed by atoms with Crippen molar-refractivity contribution in [2.24, 2.45) is 11.8 Å². The van der Waals surface area contributed by atoms with Crippen LogP contribution < -0.4 is 26.3 Å². The summed E-state index contributed by atoms with van der Waals surface area (Å²) in [5.41, 5.74) is 3.56. The molecule has 1 saturated carbocycles. The van der Waals surface area contributed by atoms with Crippen molar-refractivity contribution in [2.75, 3.05) is 72.0 Å². The van der Waals surface area contributed by atoms with Crippen LogP contribution >= 0.6 is 12.2 Å². The lowest BCUT2D eigenvalue weighted by atomic mass is 9.75. The average Bonchev–Trinajstić information content (AvgIpc) is 3.49. The van der Waals surface area contributed by atoms with Crippen LogP contribution in [0.3, 0.4) is 0 Å². The highest BCUT2D eigenvalue weighted by Crippen LogP contribution is 2.28. The van der Waals surface area contributed by atoms with E-state index in [-0.39, 0.29) is 0 Å². The number of rotatable bonds is 7. The minimum absolute atomic E-state index is 0.551. The van der Waals surface area contributed by atoms with Gasteiger partial charge in [0.15, 0.2) is 5.11 Å². The Kier molecular flexibility index (Phi) is 9.19. The number of hydrogen-bond acceptors (Lipinski definition) is 5. The summed E-state index contributed by atoms with van der Waals surface area (Å²) in [5.74, 6) is 1.82. The summed E-state index contributed by atoms with van der Waals surface area (Å²) >= 11 is 5.75. The molecule has 6 saturated heterocycles. The molecule has 5 atom stereocenters. The molecule has 6 heterocycles. The second-order valence-electron chi connectivity index (χ2n) is 13.1. The van der Waals surface area contributed by atoms with Gasteiger partial charge in [0.2, 0.25) is 0 Å². The van der Waals surface area contributed by atoms with Crippen LogP contribution in [0.2, 0.25) is 0 Å². The quantitative estimate of drug-likeness (QED) is 0.267. The van der Waals surface area contributed by atoms with Gasteiger partial charge in [-0.2, -0.15) is 0 Å². The number of thiocarbonyl (C=S) groups is 1. The minimum Gasteiger partial charge on any atom is -0.360 e. The molecule has 8 nitrogen and oxygen atoms in total. The van der Waals surface area contributed by atoms with Crippen LogP contribution in [0.15, 0.2) is 0 Å². The maximum atomic E-state index is 5.75. The van der Waals surface area contributed by atoms with Gasteiger partial charge in [-0.05, 0) is 63.1 Å². The third kappa shape index (κ3) is 6.79. The summed E-state index contributed by atoms with van der Waals surface area (Å²) in [6.45, 7) is 14.0. The van der Waals surface area contributed by atoms with E-state index in [4.69, 9.17) is 12.2 Å². The number of fused-ring (bicyclic) bond motifs is 3. The number of nitrogens with zero attached hydrogens (tertiary/aromatic N) is 3. The third-order valence-corrected chi connectivity index (χ3v) is 11.1. The Bertz CT molecular complexity index is 726. The number of hydrogen-bond donors (Lipinski definition) is 5. The van der Waals surface area contributed by atoms with Gasteiger partial charge in [-0.3, -0.25) is 10.3 Å². The molecular weight excluding hydrogens is 480 g/mol. The van der Waals surface area contributed by atoms with Crippen molar-refractivity contribution in [3.05, 3.63) is 0 Å². The smallest absolute Gasteiger partial charge is 0.166 e. The predicted octanol–water partition coefficient (Wildman–Crippen LogP) is -1.04. The number of piperidine rings is 4. The van der Waals surface area contributed by atoms with Gasteiger partial charge in [0.25, 0.3) is 0 Å². The zero-order valence-electron chi connectivity index (χ0n) is 23.1. The lowest BCUT2D eigenvalue weighted by Crippen LogP contribution is -3.20. The monoisotopic (exact) mass is 534 g/mol. The number of nitrogens with one attached hydrogen (secondary N) is 4. The van der Waals surface area contributed by atoms with Crippen molar-refractivity contribution >= 4 is 17.3 Å². The zero-order chi connectivity index (χ0) is 25.0. The Balaban J connectivity index is 0.879. The van der Waals surface area contributed by atoms with Gasteiger partial charge in [0.1, 0.15) is 12.2 Å². The van der Waals surface area contributed by atoms with E-state index in [0.29, 0.717) is 6.04 Å². The second kappa shape index (κ2) is 12.7. The SMILES string of the molecule is S=C(NCC1CC2CC[NH+]1CC2CN1CCN(C2CCCC[NH2+]2)CC1)NC1CCC(N2CCCN2)CC1. The molecule has 0 aromatic heterocycles. The fourth-order valence-electron chi connectivity index (χ4n) is 8.58. The minimum atomic E-state index is 0.551. The summed E-state index contributed by atoms with van der Waals surface area (Å²) in [7, 11) is 0. The van der Waals surface area contributed by atoms with Gasteiger partial charge in [0.05, 0.1) is 26.2 Å². The number of piperazine rings is 1. The molecule has 5 unspecified atom stereocenters. The van der Waals surface area contributed by atoms with Crippen LogP contribution in [0.5, 0.6) is 0 Å². The topological polar surface area (TPSA) is 66.9 Å². The van der Waals surface area contributed by atoms with Crippen molar-refractivity contribution < 1.29 is 10.2 Å². The number of quaternary nitrogens is 2. The van der Waals surface area contributed by atoms with E-state index in [0.717, 1.165) is 48.3 Å². The van der Waals surface area contributed by atoms with Crippen molar-refractivity contribution in [1.29, 1.82) is 0 Å². The zero-order valence-corrected chi connectivity index (χ0v) is 24.0. The fourth-order valence-corrected chi connectivity index (χ4v) is 8.83. The lowest BCUT2D eigenvalue weighted by molar-refractivity contribution is -0.945. The third-order valence-electron chi connectivity index (χ3n) is 10.8. The molecule has 2 bridgehead atoms. The molecule has 0 aromatic carbocycles. The Labute approximate surface area is 230 Å². The van der Waals surface area contributed by atoms with Gasteiger partial charge in [0, 0.05) is 83.1 Å². The Morgan fingerprint density at radius 2 is 1.84 bits per heavy atom. The van der Waals surface area contributed by atoms with Gasteiger partial charge in [-0.25, -0.2) is 5.01 Å². The normalized spacial score (nSPS) is 40.1. The highest BCUT2D eigenvalue weighted by atomic mass is 32.1. The van der Waals surface area contributed by atoms with Gasteiger partial charge < -0.3 is 25.8 Å². The van der Waals surface area contributed by atoms with Crippen molar-refractivity contribution in [1.82, 2.24) is 30.9 Å². The number of hydrazine groups is 1. The van der Waals surface area contributed by atoms with E-state index in [9.17, 15) is 0 Å². The summed E-state index contributed by atoms with van der Waals surface area (Å²) < 4.78 is 0. The van der Waals surface area contributed by atoms with Crippen molar-refractivity contribution in [2.45, 2.75) is 88.5 Å². The van der Waals surface area contributed by atoms with E-state index in [2.05, 4.69) is 36.2 Å². The molecule has 0 spiro atoms. The van der Waals surface area contributed by atoms with E-state index < -0.39 is 0 Å². The van der Waals surface area contributed by atoms with E-state index in [1.807, 2.05) is 4.90 Å². The molecule has 7 fully saturated rings. The fraction of sp³-hybridized carbons (Fsp3) is 0.964. The molecule has 0 amide bonds.